The fourth-order valence-electron chi connectivity index (χ4n) is 1.36. The summed E-state index contributed by atoms with van der Waals surface area (Å²) in [6.45, 7) is 0.0000463. The maximum absolute atomic E-state index is 13.4. The Morgan fingerprint density at radius 1 is 1.00 bits per heavy atom. The predicted octanol–water partition coefficient (Wildman–Crippen LogP) is 4.31. The Morgan fingerprint density at radius 2 is 1.76 bits per heavy atom. The number of hydrogen-bond acceptors (Lipinski definition) is 1. The van der Waals surface area contributed by atoms with Crippen molar-refractivity contribution in [3.05, 3.63) is 64.1 Å². The third kappa shape index (κ3) is 3.03. The lowest BCUT2D eigenvalue weighted by molar-refractivity contribution is 0.285. The van der Waals surface area contributed by atoms with Gasteiger partial charge in [0.15, 0.2) is 11.6 Å². The molecular formula is C13H9BrF2O. The van der Waals surface area contributed by atoms with E-state index in [1.807, 2.05) is 0 Å². The first-order valence-electron chi connectivity index (χ1n) is 4.98. The molecule has 0 amide bonds. The molecule has 0 aliphatic rings. The minimum absolute atomic E-state index is 0.0000463. The van der Waals surface area contributed by atoms with E-state index in [4.69, 9.17) is 4.74 Å². The summed E-state index contributed by atoms with van der Waals surface area (Å²) in [4.78, 5) is 0. The van der Waals surface area contributed by atoms with Crippen LogP contribution in [0.1, 0.15) is 5.56 Å². The van der Waals surface area contributed by atoms with Crippen molar-refractivity contribution in [1.82, 2.24) is 0 Å². The minimum Gasteiger partial charge on any atom is -0.486 e. The first-order chi connectivity index (χ1) is 8.16. The van der Waals surface area contributed by atoms with Crippen LogP contribution in [-0.4, -0.2) is 0 Å². The second-order valence-electron chi connectivity index (χ2n) is 3.45. The molecule has 17 heavy (non-hydrogen) atoms. The molecule has 0 unspecified atom stereocenters. The highest BCUT2D eigenvalue weighted by atomic mass is 79.9. The molecule has 0 aromatic heterocycles. The van der Waals surface area contributed by atoms with Crippen LogP contribution >= 0.6 is 15.9 Å². The molecule has 0 radical (unpaired) electrons. The molecular weight excluding hydrogens is 290 g/mol. The third-order valence-electron chi connectivity index (χ3n) is 2.23. The molecule has 0 saturated carbocycles. The second-order valence-corrected chi connectivity index (χ2v) is 4.37. The molecule has 0 fully saturated rings. The average Bonchev–Trinajstić information content (AvgIpc) is 2.30. The largest absolute Gasteiger partial charge is 0.486 e. The van der Waals surface area contributed by atoms with Crippen molar-refractivity contribution in [1.29, 1.82) is 0 Å². The molecule has 2 aromatic carbocycles. The topological polar surface area (TPSA) is 9.23 Å². The van der Waals surface area contributed by atoms with Crippen molar-refractivity contribution in [3.63, 3.8) is 0 Å². The molecule has 0 bridgehead atoms. The van der Waals surface area contributed by atoms with E-state index in [9.17, 15) is 8.78 Å². The van der Waals surface area contributed by atoms with Gasteiger partial charge in [-0.1, -0.05) is 34.1 Å². The zero-order chi connectivity index (χ0) is 12.3. The van der Waals surface area contributed by atoms with Gasteiger partial charge in [-0.2, -0.15) is 0 Å². The van der Waals surface area contributed by atoms with Crippen LogP contribution < -0.4 is 4.74 Å². The highest BCUT2D eigenvalue weighted by Gasteiger charge is 2.06. The Bertz CT molecular complexity index is 529. The first-order valence-corrected chi connectivity index (χ1v) is 5.77. The van der Waals surface area contributed by atoms with E-state index in [1.54, 1.807) is 24.3 Å². The van der Waals surface area contributed by atoms with E-state index in [0.29, 0.717) is 10.0 Å². The molecule has 88 valence electrons. The second kappa shape index (κ2) is 5.27. The summed E-state index contributed by atoms with van der Waals surface area (Å²) in [7, 11) is 0. The lowest BCUT2D eigenvalue weighted by Gasteiger charge is -2.08. The van der Waals surface area contributed by atoms with E-state index in [1.165, 1.54) is 18.2 Å². The molecule has 0 aliphatic carbocycles. The summed E-state index contributed by atoms with van der Waals surface area (Å²) in [5.74, 6) is -0.712. The number of rotatable bonds is 3. The van der Waals surface area contributed by atoms with Gasteiger partial charge in [-0.05, 0) is 24.3 Å². The number of ether oxygens (including phenoxy) is 1. The van der Waals surface area contributed by atoms with Crippen LogP contribution in [0.5, 0.6) is 5.75 Å². The van der Waals surface area contributed by atoms with Crippen molar-refractivity contribution in [2.45, 2.75) is 6.61 Å². The van der Waals surface area contributed by atoms with Crippen molar-refractivity contribution < 1.29 is 13.5 Å². The number of para-hydroxylation sites is 1. The fraction of sp³-hybridized carbons (Fsp3) is 0.0769. The van der Waals surface area contributed by atoms with Gasteiger partial charge in [0, 0.05) is 10.0 Å². The van der Waals surface area contributed by atoms with Crippen LogP contribution in [0.25, 0.3) is 0 Å². The molecule has 0 atom stereocenters. The van der Waals surface area contributed by atoms with Gasteiger partial charge in [-0.15, -0.1) is 0 Å². The zero-order valence-corrected chi connectivity index (χ0v) is 10.4. The van der Waals surface area contributed by atoms with Crippen LogP contribution in [0.4, 0.5) is 8.78 Å². The van der Waals surface area contributed by atoms with Gasteiger partial charge in [0.05, 0.1) is 0 Å². The van der Waals surface area contributed by atoms with Crippen molar-refractivity contribution in [2.75, 3.05) is 0 Å². The molecule has 0 heterocycles. The van der Waals surface area contributed by atoms with Gasteiger partial charge in [0.1, 0.15) is 12.4 Å². The lowest BCUT2D eigenvalue weighted by Crippen LogP contribution is -1.99. The van der Waals surface area contributed by atoms with Crippen LogP contribution in [0.3, 0.4) is 0 Å². The van der Waals surface area contributed by atoms with Crippen molar-refractivity contribution in [2.24, 2.45) is 0 Å². The fourth-order valence-corrected chi connectivity index (χ4v) is 1.69. The Hall–Kier alpha value is -1.42. The molecule has 0 saturated heterocycles. The highest BCUT2D eigenvalue weighted by Crippen LogP contribution is 2.20. The van der Waals surface area contributed by atoms with Crippen LogP contribution in [-0.2, 0) is 6.61 Å². The maximum Gasteiger partial charge on any atom is 0.165 e. The monoisotopic (exact) mass is 298 g/mol. The standard InChI is InChI=1S/C13H9BrF2O/c14-10-6-5-9(12(16)7-10)8-17-13-4-2-1-3-11(13)15/h1-7H,8H2. The van der Waals surface area contributed by atoms with Gasteiger partial charge in [-0.25, -0.2) is 8.78 Å². The summed E-state index contributed by atoms with van der Waals surface area (Å²) < 4.78 is 32.6. The Kier molecular flexibility index (Phi) is 3.74. The molecule has 2 rings (SSSR count). The zero-order valence-electron chi connectivity index (χ0n) is 8.79. The Balaban J connectivity index is 2.10. The highest BCUT2D eigenvalue weighted by molar-refractivity contribution is 9.10. The summed E-state index contributed by atoms with van der Waals surface area (Å²) in [6, 6.07) is 10.7. The molecule has 0 spiro atoms. The normalized spacial score (nSPS) is 10.3. The average molecular weight is 299 g/mol. The predicted molar refractivity (Wildman–Crippen MR) is 64.8 cm³/mol. The molecule has 0 aliphatic heterocycles. The van der Waals surface area contributed by atoms with E-state index >= 15 is 0 Å². The van der Waals surface area contributed by atoms with Gasteiger partial charge in [0.25, 0.3) is 0 Å². The number of benzene rings is 2. The van der Waals surface area contributed by atoms with Crippen LogP contribution in [0, 0.1) is 11.6 Å². The van der Waals surface area contributed by atoms with E-state index in [0.717, 1.165) is 0 Å². The van der Waals surface area contributed by atoms with E-state index in [-0.39, 0.29) is 18.2 Å². The van der Waals surface area contributed by atoms with Crippen molar-refractivity contribution in [3.8, 4) is 5.75 Å². The maximum atomic E-state index is 13.4. The first kappa shape index (κ1) is 12.0. The molecule has 4 heteroatoms. The van der Waals surface area contributed by atoms with E-state index < -0.39 is 5.82 Å². The molecule has 2 aromatic rings. The summed E-state index contributed by atoms with van der Waals surface area (Å²) in [5.41, 5.74) is 0.386. The number of hydrogen-bond donors (Lipinski definition) is 0. The smallest absolute Gasteiger partial charge is 0.165 e. The Morgan fingerprint density at radius 3 is 2.47 bits per heavy atom. The molecule has 1 nitrogen and oxygen atoms in total. The third-order valence-corrected chi connectivity index (χ3v) is 2.73. The van der Waals surface area contributed by atoms with Crippen LogP contribution in [0.2, 0.25) is 0 Å². The van der Waals surface area contributed by atoms with Crippen LogP contribution in [0.15, 0.2) is 46.9 Å². The van der Waals surface area contributed by atoms with Gasteiger partial charge in [0.2, 0.25) is 0 Å². The van der Waals surface area contributed by atoms with Gasteiger partial charge in [-0.3, -0.25) is 0 Å². The summed E-state index contributed by atoms with van der Waals surface area (Å²) in [5, 5.41) is 0. The SMILES string of the molecule is Fc1cc(Br)ccc1COc1ccccc1F. The van der Waals surface area contributed by atoms with Gasteiger partial charge < -0.3 is 4.74 Å². The summed E-state index contributed by atoms with van der Waals surface area (Å²) >= 11 is 3.16. The molecule has 0 N–H and O–H groups in total. The van der Waals surface area contributed by atoms with E-state index in [2.05, 4.69) is 15.9 Å². The minimum atomic E-state index is -0.454. The van der Waals surface area contributed by atoms with Crippen molar-refractivity contribution >= 4 is 15.9 Å². The lowest BCUT2D eigenvalue weighted by atomic mass is 10.2. The number of halogens is 3. The quantitative estimate of drug-likeness (QED) is 0.820. The Labute approximate surface area is 106 Å². The summed E-state index contributed by atoms with van der Waals surface area (Å²) in [6.07, 6.45) is 0. The van der Waals surface area contributed by atoms with Gasteiger partial charge >= 0.3 is 0 Å².